The molecule has 0 aliphatic heterocycles. The maximum absolute atomic E-state index is 13.2. The van der Waals surface area contributed by atoms with E-state index in [1.54, 1.807) is 30.5 Å². The lowest BCUT2D eigenvalue weighted by Gasteiger charge is -2.23. The van der Waals surface area contributed by atoms with Crippen LogP contribution in [0.1, 0.15) is 31.4 Å². The van der Waals surface area contributed by atoms with Crippen molar-refractivity contribution >= 4 is 17.6 Å². The van der Waals surface area contributed by atoms with Crippen LogP contribution in [0.5, 0.6) is 0 Å². The van der Waals surface area contributed by atoms with Gasteiger partial charge in [-0.25, -0.2) is 9.37 Å². The molecule has 0 fully saturated rings. The van der Waals surface area contributed by atoms with Crippen LogP contribution >= 0.6 is 0 Å². The Hall–Kier alpha value is -3.00. The normalized spacial score (nSPS) is 13.9. The molecule has 6 N–H and O–H groups in total. The zero-order valence-electron chi connectivity index (χ0n) is 16.7. The summed E-state index contributed by atoms with van der Waals surface area (Å²) in [5.74, 6) is -0.758. The van der Waals surface area contributed by atoms with Crippen LogP contribution in [0, 0.1) is 11.7 Å². The molecule has 0 aliphatic carbocycles. The van der Waals surface area contributed by atoms with Crippen LogP contribution in [-0.4, -0.2) is 28.9 Å². The Morgan fingerprint density at radius 2 is 1.76 bits per heavy atom. The second kappa shape index (κ2) is 10.5. The van der Waals surface area contributed by atoms with E-state index < -0.39 is 18.0 Å². The number of amides is 2. The van der Waals surface area contributed by atoms with Crippen LogP contribution in [0.4, 0.5) is 10.2 Å². The number of nitrogens with one attached hydrogen (secondary N) is 2. The first-order valence-electron chi connectivity index (χ1n) is 9.58. The molecule has 8 heteroatoms. The van der Waals surface area contributed by atoms with Gasteiger partial charge in [-0.2, -0.15) is 0 Å². The minimum atomic E-state index is -0.843. The molecule has 1 aromatic heterocycles. The first kappa shape index (κ1) is 22.3. The summed E-state index contributed by atoms with van der Waals surface area (Å²) in [6, 6.07) is 7.64. The Bertz CT molecular complexity index is 811. The minimum Gasteiger partial charge on any atom is -0.384 e. The summed E-state index contributed by atoms with van der Waals surface area (Å²) in [5.41, 5.74) is 13.1. The molecule has 1 heterocycles. The standard InChI is InChI=1S/C21H28FN5O2/c1-3-13(2)19(24)21(29)27-17(10-14-4-7-16(22)8-5-14)20(28)26-12-15-6-9-18(23)25-11-15/h4-9,11,13,17,19H,3,10,12,24H2,1-2H3,(H2,23,25)(H,26,28)(H,27,29)/t13?,17-,19+/m1/s1. The number of nitrogens with zero attached hydrogens (tertiary/aromatic N) is 1. The van der Waals surface area contributed by atoms with Crippen molar-refractivity contribution in [2.75, 3.05) is 5.73 Å². The Kier molecular flexibility index (Phi) is 8.09. The predicted molar refractivity (Wildman–Crippen MR) is 110 cm³/mol. The summed E-state index contributed by atoms with van der Waals surface area (Å²) in [6.07, 6.45) is 2.53. The van der Waals surface area contributed by atoms with Crippen molar-refractivity contribution in [3.05, 3.63) is 59.5 Å². The molecule has 1 unspecified atom stereocenters. The molecule has 29 heavy (non-hydrogen) atoms. The number of hydrogen-bond acceptors (Lipinski definition) is 5. The Labute approximate surface area is 170 Å². The Balaban J connectivity index is 2.09. The van der Waals surface area contributed by atoms with Gasteiger partial charge in [0.15, 0.2) is 0 Å². The quantitative estimate of drug-likeness (QED) is 0.507. The van der Waals surface area contributed by atoms with E-state index in [4.69, 9.17) is 11.5 Å². The fourth-order valence-corrected chi connectivity index (χ4v) is 2.70. The first-order valence-corrected chi connectivity index (χ1v) is 9.58. The number of pyridine rings is 1. The molecule has 0 spiro atoms. The van der Waals surface area contributed by atoms with Gasteiger partial charge in [-0.15, -0.1) is 0 Å². The number of rotatable bonds is 9. The highest BCUT2D eigenvalue weighted by molar-refractivity contribution is 5.90. The molecular weight excluding hydrogens is 373 g/mol. The van der Waals surface area contributed by atoms with E-state index >= 15 is 0 Å². The summed E-state index contributed by atoms with van der Waals surface area (Å²) in [6.45, 7) is 4.06. The van der Waals surface area contributed by atoms with E-state index in [9.17, 15) is 14.0 Å². The monoisotopic (exact) mass is 401 g/mol. The summed E-state index contributed by atoms with van der Waals surface area (Å²) < 4.78 is 13.2. The third-order valence-electron chi connectivity index (χ3n) is 4.86. The number of hydrogen-bond donors (Lipinski definition) is 4. The summed E-state index contributed by atoms with van der Waals surface area (Å²) >= 11 is 0. The molecule has 2 rings (SSSR count). The van der Waals surface area contributed by atoms with Crippen LogP contribution in [-0.2, 0) is 22.6 Å². The molecule has 0 aliphatic rings. The molecule has 3 atom stereocenters. The second-order valence-electron chi connectivity index (χ2n) is 7.11. The van der Waals surface area contributed by atoms with Gasteiger partial charge in [-0.1, -0.05) is 38.5 Å². The fourth-order valence-electron chi connectivity index (χ4n) is 2.70. The molecule has 1 aromatic carbocycles. The van der Waals surface area contributed by atoms with E-state index in [0.29, 0.717) is 5.82 Å². The average molecular weight is 401 g/mol. The molecule has 156 valence electrons. The molecule has 2 aromatic rings. The van der Waals surface area contributed by atoms with E-state index in [1.165, 1.54) is 12.1 Å². The van der Waals surface area contributed by atoms with Crippen LogP contribution in [0.3, 0.4) is 0 Å². The zero-order valence-corrected chi connectivity index (χ0v) is 16.7. The number of anilines is 1. The maximum atomic E-state index is 13.2. The number of carbonyl (C=O) groups excluding carboxylic acids is 2. The van der Waals surface area contributed by atoms with Gasteiger partial charge in [0.1, 0.15) is 17.7 Å². The molecule has 0 radical (unpaired) electrons. The molecule has 7 nitrogen and oxygen atoms in total. The summed E-state index contributed by atoms with van der Waals surface area (Å²) in [5, 5.41) is 5.52. The minimum absolute atomic E-state index is 0.0228. The van der Waals surface area contributed by atoms with Crippen molar-refractivity contribution in [2.24, 2.45) is 11.7 Å². The van der Waals surface area contributed by atoms with Crippen molar-refractivity contribution in [3.8, 4) is 0 Å². The third kappa shape index (κ3) is 6.83. The average Bonchev–Trinajstić information content (AvgIpc) is 2.72. The Morgan fingerprint density at radius 3 is 2.34 bits per heavy atom. The van der Waals surface area contributed by atoms with Gasteiger partial charge in [0.25, 0.3) is 0 Å². The van der Waals surface area contributed by atoms with Crippen molar-refractivity contribution in [1.29, 1.82) is 0 Å². The van der Waals surface area contributed by atoms with Gasteiger partial charge in [-0.05, 0) is 35.2 Å². The number of nitrogens with two attached hydrogens (primary N) is 2. The van der Waals surface area contributed by atoms with Gasteiger partial charge < -0.3 is 22.1 Å². The Morgan fingerprint density at radius 1 is 1.10 bits per heavy atom. The largest absolute Gasteiger partial charge is 0.384 e. The first-order chi connectivity index (χ1) is 13.8. The van der Waals surface area contributed by atoms with Gasteiger partial charge in [0.05, 0.1) is 6.04 Å². The van der Waals surface area contributed by atoms with E-state index in [0.717, 1.165) is 17.5 Å². The zero-order chi connectivity index (χ0) is 21.4. The highest BCUT2D eigenvalue weighted by Crippen LogP contribution is 2.09. The van der Waals surface area contributed by atoms with Crippen molar-refractivity contribution in [3.63, 3.8) is 0 Å². The second-order valence-corrected chi connectivity index (χ2v) is 7.11. The van der Waals surface area contributed by atoms with Crippen molar-refractivity contribution in [1.82, 2.24) is 15.6 Å². The number of halogens is 1. The van der Waals surface area contributed by atoms with Crippen molar-refractivity contribution < 1.29 is 14.0 Å². The highest BCUT2D eigenvalue weighted by Gasteiger charge is 2.26. The molecule has 0 bridgehead atoms. The van der Waals surface area contributed by atoms with Crippen LogP contribution in [0.25, 0.3) is 0 Å². The number of aromatic nitrogens is 1. The van der Waals surface area contributed by atoms with Crippen LogP contribution in [0.2, 0.25) is 0 Å². The smallest absolute Gasteiger partial charge is 0.243 e. The maximum Gasteiger partial charge on any atom is 0.243 e. The van der Waals surface area contributed by atoms with Gasteiger partial charge in [0, 0.05) is 19.2 Å². The molecule has 0 saturated carbocycles. The number of benzene rings is 1. The van der Waals surface area contributed by atoms with Crippen LogP contribution in [0.15, 0.2) is 42.6 Å². The predicted octanol–water partition coefficient (Wildman–Crippen LogP) is 1.52. The molecular formula is C21H28FN5O2. The lowest BCUT2D eigenvalue weighted by molar-refractivity contribution is -0.130. The van der Waals surface area contributed by atoms with E-state index in [-0.39, 0.29) is 30.6 Å². The lowest BCUT2D eigenvalue weighted by Crippen LogP contribution is -2.53. The third-order valence-corrected chi connectivity index (χ3v) is 4.86. The number of carbonyl (C=O) groups is 2. The van der Waals surface area contributed by atoms with Gasteiger partial charge >= 0.3 is 0 Å². The number of nitrogen functional groups attached to an aromatic ring is 1. The van der Waals surface area contributed by atoms with E-state index in [1.807, 2.05) is 13.8 Å². The van der Waals surface area contributed by atoms with E-state index in [2.05, 4.69) is 15.6 Å². The van der Waals surface area contributed by atoms with Gasteiger partial charge in [0.2, 0.25) is 11.8 Å². The summed E-state index contributed by atoms with van der Waals surface area (Å²) in [7, 11) is 0. The molecule has 2 amide bonds. The van der Waals surface area contributed by atoms with Crippen molar-refractivity contribution in [2.45, 2.75) is 45.3 Å². The topological polar surface area (TPSA) is 123 Å². The van der Waals surface area contributed by atoms with Gasteiger partial charge in [-0.3, -0.25) is 9.59 Å². The summed E-state index contributed by atoms with van der Waals surface area (Å²) in [4.78, 5) is 29.3. The lowest BCUT2D eigenvalue weighted by atomic mass is 9.98. The highest BCUT2D eigenvalue weighted by atomic mass is 19.1. The fraction of sp³-hybridized carbons (Fsp3) is 0.381. The van der Waals surface area contributed by atoms with Crippen LogP contribution < -0.4 is 22.1 Å². The SMILES string of the molecule is CCC(C)[C@H](N)C(=O)N[C@H](Cc1ccc(F)cc1)C(=O)NCc1ccc(N)nc1. The molecule has 0 saturated heterocycles.